The van der Waals surface area contributed by atoms with Crippen molar-refractivity contribution in [2.75, 3.05) is 19.6 Å². The first-order chi connectivity index (χ1) is 11.2. The third-order valence-corrected chi connectivity index (χ3v) is 4.82. The summed E-state index contributed by atoms with van der Waals surface area (Å²) >= 11 is 0. The van der Waals surface area contributed by atoms with Crippen LogP contribution in [0.3, 0.4) is 0 Å². The van der Waals surface area contributed by atoms with Gasteiger partial charge >= 0.3 is 0 Å². The maximum Gasteiger partial charge on any atom is 0.231 e. The Morgan fingerprint density at radius 2 is 1.96 bits per heavy atom. The number of rotatable bonds is 4. The average molecular weight is 312 g/mol. The SMILES string of the molecule is Cn1nccc1C1CCN(C(=O)[C@@H](CN)c2ccccc2)CC1. The molecular weight excluding hydrogens is 288 g/mol. The molecule has 122 valence electrons. The number of carbonyl (C=O) groups excluding carboxylic acids is 1. The Bertz CT molecular complexity index is 644. The minimum absolute atomic E-state index is 0.155. The lowest BCUT2D eigenvalue weighted by Gasteiger charge is -2.34. The molecule has 1 aliphatic heterocycles. The van der Waals surface area contributed by atoms with E-state index in [9.17, 15) is 4.79 Å². The van der Waals surface area contributed by atoms with Crippen LogP contribution in [0.2, 0.25) is 0 Å². The number of carbonyl (C=O) groups is 1. The summed E-state index contributed by atoms with van der Waals surface area (Å²) in [4.78, 5) is 14.8. The minimum atomic E-state index is -0.232. The lowest BCUT2D eigenvalue weighted by atomic mass is 9.91. The lowest BCUT2D eigenvalue weighted by Crippen LogP contribution is -2.42. The van der Waals surface area contributed by atoms with E-state index in [-0.39, 0.29) is 11.8 Å². The van der Waals surface area contributed by atoms with E-state index in [2.05, 4.69) is 11.2 Å². The molecule has 1 saturated heterocycles. The first-order valence-corrected chi connectivity index (χ1v) is 8.22. The molecule has 0 unspecified atom stereocenters. The average Bonchev–Trinajstić information content (AvgIpc) is 3.02. The smallest absolute Gasteiger partial charge is 0.231 e. The van der Waals surface area contributed by atoms with E-state index in [4.69, 9.17) is 5.73 Å². The van der Waals surface area contributed by atoms with Gasteiger partial charge in [-0.15, -0.1) is 0 Å². The van der Waals surface area contributed by atoms with Gasteiger partial charge in [-0.1, -0.05) is 30.3 Å². The summed E-state index contributed by atoms with van der Waals surface area (Å²) in [6.07, 6.45) is 3.81. The Morgan fingerprint density at radius 1 is 1.26 bits per heavy atom. The number of nitrogens with zero attached hydrogens (tertiary/aromatic N) is 3. The van der Waals surface area contributed by atoms with E-state index >= 15 is 0 Å². The van der Waals surface area contributed by atoms with Crippen molar-refractivity contribution in [2.24, 2.45) is 12.8 Å². The summed E-state index contributed by atoms with van der Waals surface area (Å²) in [6, 6.07) is 11.9. The van der Waals surface area contributed by atoms with Gasteiger partial charge in [0.1, 0.15) is 0 Å². The molecule has 5 nitrogen and oxygen atoms in total. The maximum absolute atomic E-state index is 12.8. The number of nitrogens with two attached hydrogens (primary N) is 1. The molecule has 0 radical (unpaired) electrons. The highest BCUT2D eigenvalue weighted by Crippen LogP contribution is 2.29. The summed E-state index contributed by atoms with van der Waals surface area (Å²) in [6.45, 7) is 1.93. The molecule has 1 atom stereocenters. The van der Waals surface area contributed by atoms with Gasteiger partial charge in [0.05, 0.1) is 5.92 Å². The molecule has 2 aromatic rings. The van der Waals surface area contributed by atoms with Crippen LogP contribution >= 0.6 is 0 Å². The van der Waals surface area contributed by atoms with E-state index in [1.165, 1.54) is 5.69 Å². The fourth-order valence-electron chi connectivity index (χ4n) is 3.47. The first kappa shape index (κ1) is 15.7. The summed E-state index contributed by atoms with van der Waals surface area (Å²) < 4.78 is 1.94. The van der Waals surface area contributed by atoms with Gasteiger partial charge in [-0.3, -0.25) is 9.48 Å². The van der Waals surface area contributed by atoms with E-state index in [1.807, 2.05) is 53.2 Å². The van der Waals surface area contributed by atoms with Crippen molar-refractivity contribution in [3.63, 3.8) is 0 Å². The third-order valence-electron chi connectivity index (χ3n) is 4.82. The summed E-state index contributed by atoms with van der Waals surface area (Å²) in [5.41, 5.74) is 8.15. The quantitative estimate of drug-likeness (QED) is 0.937. The molecule has 0 aliphatic carbocycles. The largest absolute Gasteiger partial charge is 0.342 e. The van der Waals surface area contributed by atoms with Crippen molar-refractivity contribution in [1.29, 1.82) is 0 Å². The van der Waals surface area contributed by atoms with Gasteiger partial charge < -0.3 is 10.6 Å². The number of hydrogen-bond donors (Lipinski definition) is 1. The molecule has 1 fully saturated rings. The van der Waals surface area contributed by atoms with Crippen molar-refractivity contribution in [3.8, 4) is 0 Å². The standard InChI is InChI=1S/C18H24N4O/c1-21-17(7-10-20-21)15-8-11-22(12-9-15)18(23)16(13-19)14-5-3-2-4-6-14/h2-7,10,15-16H,8-9,11-13,19H2,1H3/t16-/m0/s1. The van der Waals surface area contributed by atoms with Gasteiger partial charge in [-0.2, -0.15) is 5.10 Å². The molecule has 23 heavy (non-hydrogen) atoms. The highest BCUT2D eigenvalue weighted by Gasteiger charge is 2.29. The Labute approximate surface area is 137 Å². The number of amides is 1. The second kappa shape index (κ2) is 6.96. The van der Waals surface area contributed by atoms with Crippen molar-refractivity contribution in [3.05, 3.63) is 53.9 Å². The zero-order chi connectivity index (χ0) is 16.2. The van der Waals surface area contributed by atoms with Crippen LogP contribution in [0.5, 0.6) is 0 Å². The van der Waals surface area contributed by atoms with Gasteiger partial charge in [-0.05, 0) is 24.5 Å². The molecule has 1 amide bonds. The van der Waals surface area contributed by atoms with Crippen LogP contribution in [0.1, 0.15) is 35.9 Å². The highest BCUT2D eigenvalue weighted by molar-refractivity contribution is 5.84. The van der Waals surface area contributed by atoms with Gasteiger partial charge in [0.2, 0.25) is 5.91 Å². The van der Waals surface area contributed by atoms with E-state index in [0.717, 1.165) is 31.5 Å². The number of benzene rings is 1. The molecule has 0 bridgehead atoms. The monoisotopic (exact) mass is 312 g/mol. The zero-order valence-electron chi connectivity index (χ0n) is 13.6. The van der Waals surface area contributed by atoms with E-state index in [0.29, 0.717) is 12.5 Å². The van der Waals surface area contributed by atoms with Crippen LogP contribution in [0.4, 0.5) is 0 Å². The number of aryl methyl sites for hydroxylation is 1. The van der Waals surface area contributed by atoms with Crippen molar-refractivity contribution >= 4 is 5.91 Å². The Hall–Kier alpha value is -2.14. The topological polar surface area (TPSA) is 64.2 Å². The van der Waals surface area contributed by atoms with E-state index in [1.54, 1.807) is 0 Å². The minimum Gasteiger partial charge on any atom is -0.342 e. The van der Waals surface area contributed by atoms with Crippen LogP contribution in [0.15, 0.2) is 42.6 Å². The Morgan fingerprint density at radius 3 is 2.52 bits per heavy atom. The maximum atomic E-state index is 12.8. The molecule has 2 heterocycles. The number of likely N-dealkylation sites (tertiary alicyclic amines) is 1. The van der Waals surface area contributed by atoms with Gasteiger partial charge in [0.25, 0.3) is 0 Å². The summed E-state index contributed by atoms with van der Waals surface area (Å²) in [5, 5.41) is 4.25. The van der Waals surface area contributed by atoms with Gasteiger partial charge in [0, 0.05) is 44.5 Å². The predicted octanol–water partition coefficient (Wildman–Crippen LogP) is 1.87. The highest BCUT2D eigenvalue weighted by atomic mass is 16.2. The first-order valence-electron chi connectivity index (χ1n) is 8.22. The van der Waals surface area contributed by atoms with Crippen LogP contribution in [-0.4, -0.2) is 40.2 Å². The normalized spacial score (nSPS) is 17.2. The fraction of sp³-hybridized carbons (Fsp3) is 0.444. The molecule has 2 N–H and O–H groups in total. The molecule has 0 spiro atoms. The lowest BCUT2D eigenvalue weighted by molar-refractivity contribution is -0.133. The zero-order valence-corrected chi connectivity index (χ0v) is 13.6. The molecule has 1 aromatic heterocycles. The van der Waals surface area contributed by atoms with Crippen LogP contribution in [0.25, 0.3) is 0 Å². The number of piperidine rings is 1. The van der Waals surface area contributed by atoms with Crippen LogP contribution in [-0.2, 0) is 11.8 Å². The molecule has 1 aromatic carbocycles. The molecule has 3 rings (SSSR count). The second-order valence-corrected chi connectivity index (χ2v) is 6.18. The van der Waals surface area contributed by atoms with Crippen LogP contribution in [0, 0.1) is 0 Å². The summed E-state index contributed by atoms with van der Waals surface area (Å²) in [5.74, 6) is 0.409. The molecule has 1 aliphatic rings. The fourth-order valence-corrected chi connectivity index (χ4v) is 3.47. The van der Waals surface area contributed by atoms with E-state index < -0.39 is 0 Å². The van der Waals surface area contributed by atoms with Crippen molar-refractivity contribution in [1.82, 2.24) is 14.7 Å². The summed E-state index contributed by atoms with van der Waals surface area (Å²) in [7, 11) is 1.98. The predicted molar refractivity (Wildman–Crippen MR) is 90.0 cm³/mol. The van der Waals surface area contributed by atoms with Gasteiger partial charge in [-0.25, -0.2) is 0 Å². The molecule has 5 heteroatoms. The number of aromatic nitrogens is 2. The number of hydrogen-bond acceptors (Lipinski definition) is 3. The van der Waals surface area contributed by atoms with Crippen LogP contribution < -0.4 is 5.73 Å². The third kappa shape index (κ3) is 3.29. The van der Waals surface area contributed by atoms with Crippen molar-refractivity contribution < 1.29 is 4.79 Å². The molecule has 0 saturated carbocycles. The second-order valence-electron chi connectivity index (χ2n) is 6.18. The Kier molecular flexibility index (Phi) is 4.76. The van der Waals surface area contributed by atoms with Gasteiger partial charge in [0.15, 0.2) is 0 Å². The van der Waals surface area contributed by atoms with Crippen molar-refractivity contribution in [2.45, 2.75) is 24.7 Å². The molecular formula is C18H24N4O. The Balaban J connectivity index is 1.65.